The minimum absolute atomic E-state index is 0.102. The summed E-state index contributed by atoms with van der Waals surface area (Å²) >= 11 is 5.97. The highest BCUT2D eigenvalue weighted by Gasteiger charge is 2.29. The molecule has 1 aromatic carbocycles. The van der Waals surface area contributed by atoms with Crippen molar-refractivity contribution < 1.29 is 19.1 Å². The molecule has 8 heteroatoms. The Morgan fingerprint density at radius 1 is 1.12 bits per heavy atom. The predicted octanol–water partition coefficient (Wildman–Crippen LogP) is 1.16. The standard InChI is InChI=1S/C17H22ClN3O4/c1-11(2)19-15(22)17(24)21-8-6-20(7-9-21)16(23)13-10-12(18)4-5-14(13)25-3/h4-5,10-11H,6-9H2,1-3H3,(H,19,22). The number of rotatable bonds is 3. The van der Waals surface area contributed by atoms with Crippen LogP contribution in [0.4, 0.5) is 0 Å². The average molecular weight is 368 g/mol. The third-order valence-corrected chi connectivity index (χ3v) is 4.10. The fraction of sp³-hybridized carbons (Fsp3) is 0.471. The number of hydrogen-bond acceptors (Lipinski definition) is 4. The van der Waals surface area contributed by atoms with Gasteiger partial charge in [-0.3, -0.25) is 14.4 Å². The molecule has 2 rings (SSSR count). The molecule has 136 valence electrons. The van der Waals surface area contributed by atoms with Gasteiger partial charge in [-0.2, -0.15) is 0 Å². The van der Waals surface area contributed by atoms with Crippen LogP contribution in [0.1, 0.15) is 24.2 Å². The summed E-state index contributed by atoms with van der Waals surface area (Å²) in [5, 5.41) is 3.03. The van der Waals surface area contributed by atoms with E-state index in [9.17, 15) is 14.4 Å². The van der Waals surface area contributed by atoms with Crippen LogP contribution in [0.25, 0.3) is 0 Å². The van der Waals surface area contributed by atoms with Gasteiger partial charge in [-0.1, -0.05) is 11.6 Å². The Morgan fingerprint density at radius 3 is 2.28 bits per heavy atom. The summed E-state index contributed by atoms with van der Waals surface area (Å²) in [6, 6.07) is 4.76. The molecular weight excluding hydrogens is 346 g/mol. The Balaban J connectivity index is 2.00. The fourth-order valence-corrected chi connectivity index (χ4v) is 2.77. The summed E-state index contributed by atoms with van der Waals surface area (Å²) in [5.41, 5.74) is 0.382. The third kappa shape index (κ3) is 4.63. The minimum Gasteiger partial charge on any atom is -0.496 e. The summed E-state index contributed by atoms with van der Waals surface area (Å²) in [7, 11) is 1.49. The van der Waals surface area contributed by atoms with Gasteiger partial charge in [-0.15, -0.1) is 0 Å². The molecule has 7 nitrogen and oxygen atoms in total. The number of carbonyl (C=O) groups is 3. The van der Waals surface area contributed by atoms with Gasteiger partial charge in [0, 0.05) is 37.2 Å². The third-order valence-electron chi connectivity index (χ3n) is 3.86. The number of halogens is 1. The first kappa shape index (κ1) is 19.1. The van der Waals surface area contributed by atoms with Crippen LogP contribution in [0.15, 0.2) is 18.2 Å². The molecule has 1 aromatic rings. The summed E-state index contributed by atoms with van der Waals surface area (Å²) in [6.07, 6.45) is 0. The van der Waals surface area contributed by atoms with E-state index in [-0.39, 0.29) is 11.9 Å². The Morgan fingerprint density at radius 2 is 1.72 bits per heavy atom. The number of benzene rings is 1. The average Bonchev–Trinajstić information content (AvgIpc) is 2.60. The van der Waals surface area contributed by atoms with Crippen molar-refractivity contribution in [1.82, 2.24) is 15.1 Å². The van der Waals surface area contributed by atoms with Crippen LogP contribution in [-0.4, -0.2) is 66.9 Å². The summed E-state index contributed by atoms with van der Waals surface area (Å²) < 4.78 is 5.22. The van der Waals surface area contributed by atoms with E-state index in [1.54, 1.807) is 36.9 Å². The number of hydrogen-bond donors (Lipinski definition) is 1. The summed E-state index contributed by atoms with van der Waals surface area (Å²) in [4.78, 5) is 39.7. The highest BCUT2D eigenvalue weighted by molar-refractivity contribution is 6.35. The van der Waals surface area contributed by atoms with E-state index in [1.165, 1.54) is 12.0 Å². The maximum atomic E-state index is 12.7. The van der Waals surface area contributed by atoms with Crippen molar-refractivity contribution >= 4 is 29.3 Å². The number of carbonyl (C=O) groups excluding carboxylic acids is 3. The van der Waals surface area contributed by atoms with E-state index in [4.69, 9.17) is 16.3 Å². The Labute approximate surface area is 151 Å². The number of amides is 3. The van der Waals surface area contributed by atoms with Crippen molar-refractivity contribution in [2.24, 2.45) is 0 Å². The smallest absolute Gasteiger partial charge is 0.312 e. The van der Waals surface area contributed by atoms with E-state index in [2.05, 4.69) is 5.32 Å². The van der Waals surface area contributed by atoms with E-state index in [1.807, 2.05) is 0 Å². The van der Waals surface area contributed by atoms with Crippen molar-refractivity contribution in [3.8, 4) is 5.75 Å². The van der Waals surface area contributed by atoms with Crippen molar-refractivity contribution in [2.45, 2.75) is 19.9 Å². The van der Waals surface area contributed by atoms with Crippen LogP contribution >= 0.6 is 11.6 Å². The van der Waals surface area contributed by atoms with Crippen LogP contribution < -0.4 is 10.1 Å². The van der Waals surface area contributed by atoms with Gasteiger partial charge < -0.3 is 19.9 Å². The largest absolute Gasteiger partial charge is 0.496 e. The molecule has 0 atom stereocenters. The molecule has 0 spiro atoms. The molecule has 1 aliphatic heterocycles. The highest BCUT2D eigenvalue weighted by atomic mass is 35.5. The quantitative estimate of drug-likeness (QED) is 0.813. The van der Waals surface area contributed by atoms with Gasteiger partial charge in [0.2, 0.25) is 0 Å². The molecule has 25 heavy (non-hydrogen) atoms. The molecule has 0 aliphatic carbocycles. The van der Waals surface area contributed by atoms with Gasteiger partial charge in [-0.05, 0) is 32.0 Å². The molecule has 0 radical (unpaired) electrons. The van der Waals surface area contributed by atoms with Gasteiger partial charge in [-0.25, -0.2) is 0 Å². The lowest BCUT2D eigenvalue weighted by Crippen LogP contribution is -2.54. The molecule has 1 heterocycles. The Hall–Kier alpha value is -2.28. The first-order valence-corrected chi connectivity index (χ1v) is 8.44. The van der Waals surface area contributed by atoms with E-state index in [0.29, 0.717) is 42.5 Å². The first-order valence-electron chi connectivity index (χ1n) is 8.06. The fourth-order valence-electron chi connectivity index (χ4n) is 2.60. The normalized spacial score (nSPS) is 14.4. The highest BCUT2D eigenvalue weighted by Crippen LogP contribution is 2.24. The SMILES string of the molecule is COc1ccc(Cl)cc1C(=O)N1CCN(C(=O)C(=O)NC(C)C)CC1. The van der Waals surface area contributed by atoms with E-state index < -0.39 is 11.8 Å². The molecule has 0 unspecified atom stereocenters. The zero-order chi connectivity index (χ0) is 18.6. The molecule has 3 amide bonds. The maximum absolute atomic E-state index is 12.7. The zero-order valence-corrected chi connectivity index (χ0v) is 15.3. The molecule has 1 aliphatic rings. The first-order chi connectivity index (χ1) is 11.8. The monoisotopic (exact) mass is 367 g/mol. The molecule has 1 fully saturated rings. The summed E-state index contributed by atoms with van der Waals surface area (Å²) in [5.74, 6) is -0.949. The van der Waals surface area contributed by atoms with Crippen molar-refractivity contribution in [2.75, 3.05) is 33.3 Å². The van der Waals surface area contributed by atoms with Crippen molar-refractivity contribution in [3.63, 3.8) is 0 Å². The lowest BCUT2D eigenvalue weighted by molar-refractivity contribution is -0.147. The lowest BCUT2D eigenvalue weighted by Gasteiger charge is -2.34. The molecule has 0 saturated carbocycles. The number of piperazine rings is 1. The van der Waals surface area contributed by atoms with Gasteiger partial charge in [0.15, 0.2) is 0 Å². The second kappa shape index (κ2) is 8.20. The molecule has 0 bridgehead atoms. The van der Waals surface area contributed by atoms with Gasteiger partial charge >= 0.3 is 11.8 Å². The molecular formula is C17H22ClN3O4. The van der Waals surface area contributed by atoms with Crippen molar-refractivity contribution in [1.29, 1.82) is 0 Å². The number of ether oxygens (including phenoxy) is 1. The van der Waals surface area contributed by atoms with Crippen LogP contribution in [0.2, 0.25) is 5.02 Å². The van der Waals surface area contributed by atoms with Crippen LogP contribution in [-0.2, 0) is 9.59 Å². The van der Waals surface area contributed by atoms with Crippen molar-refractivity contribution in [3.05, 3.63) is 28.8 Å². The minimum atomic E-state index is -0.619. The Kier molecular flexibility index (Phi) is 6.25. The van der Waals surface area contributed by atoms with Crippen LogP contribution in [0.3, 0.4) is 0 Å². The predicted molar refractivity (Wildman–Crippen MR) is 93.8 cm³/mol. The van der Waals surface area contributed by atoms with Gasteiger partial charge in [0.05, 0.1) is 12.7 Å². The van der Waals surface area contributed by atoms with Crippen LogP contribution in [0, 0.1) is 0 Å². The second-order valence-electron chi connectivity index (χ2n) is 6.06. The van der Waals surface area contributed by atoms with Crippen LogP contribution in [0.5, 0.6) is 5.75 Å². The van der Waals surface area contributed by atoms with Gasteiger partial charge in [0.1, 0.15) is 5.75 Å². The number of nitrogens with zero attached hydrogens (tertiary/aromatic N) is 2. The number of methoxy groups -OCH3 is 1. The summed E-state index contributed by atoms with van der Waals surface area (Å²) in [6.45, 7) is 4.88. The topological polar surface area (TPSA) is 79.0 Å². The zero-order valence-electron chi connectivity index (χ0n) is 14.5. The van der Waals surface area contributed by atoms with E-state index in [0.717, 1.165) is 0 Å². The number of nitrogens with one attached hydrogen (secondary N) is 1. The van der Waals surface area contributed by atoms with Gasteiger partial charge in [0.25, 0.3) is 5.91 Å². The Bertz CT molecular complexity index is 670. The molecule has 1 N–H and O–H groups in total. The lowest BCUT2D eigenvalue weighted by atomic mass is 10.1. The van der Waals surface area contributed by atoms with E-state index >= 15 is 0 Å². The maximum Gasteiger partial charge on any atom is 0.312 e. The molecule has 1 saturated heterocycles. The second-order valence-corrected chi connectivity index (χ2v) is 6.49. The molecule has 0 aromatic heterocycles.